The van der Waals surface area contributed by atoms with Crippen molar-refractivity contribution in [1.82, 2.24) is 10.3 Å². The van der Waals surface area contributed by atoms with Crippen LogP contribution in [0.4, 0.5) is 0 Å². The molecule has 0 bridgehead atoms. The van der Waals surface area contributed by atoms with Crippen molar-refractivity contribution in [3.63, 3.8) is 0 Å². The van der Waals surface area contributed by atoms with Crippen LogP contribution in [0.5, 0.6) is 0 Å². The molecule has 0 radical (unpaired) electrons. The van der Waals surface area contributed by atoms with E-state index in [0.29, 0.717) is 6.04 Å². The van der Waals surface area contributed by atoms with E-state index in [1.165, 1.54) is 27.8 Å². The van der Waals surface area contributed by atoms with Gasteiger partial charge in [-0.15, -0.1) is 11.3 Å². The molecule has 0 saturated carbocycles. The Labute approximate surface area is 101 Å². The van der Waals surface area contributed by atoms with Gasteiger partial charge in [-0.25, -0.2) is 4.98 Å². The molecule has 0 aliphatic rings. The Hall–Kier alpha value is -0.0600. The second-order valence-corrected chi connectivity index (χ2v) is 5.88. The van der Waals surface area contributed by atoms with Gasteiger partial charge in [-0.2, -0.15) is 11.8 Å². The van der Waals surface area contributed by atoms with E-state index < -0.39 is 0 Å². The van der Waals surface area contributed by atoms with E-state index in [1.807, 2.05) is 11.8 Å². The van der Waals surface area contributed by atoms with Crippen LogP contribution in [0.2, 0.25) is 0 Å². The fourth-order valence-corrected chi connectivity index (χ4v) is 3.14. The van der Waals surface area contributed by atoms with Crippen molar-refractivity contribution in [3.8, 4) is 0 Å². The van der Waals surface area contributed by atoms with Crippen LogP contribution in [0.1, 0.15) is 28.9 Å². The third-order valence-corrected chi connectivity index (χ3v) is 4.22. The highest BCUT2D eigenvalue weighted by Crippen LogP contribution is 2.17. The standard InChI is InChI=1S/C11H20N2S2/c1-5-10(7-14-4)12-6-11-8(2)13-9(3)15-11/h10,12H,5-7H2,1-4H3. The summed E-state index contributed by atoms with van der Waals surface area (Å²) in [5.41, 5.74) is 1.18. The zero-order valence-electron chi connectivity index (χ0n) is 9.96. The van der Waals surface area contributed by atoms with Gasteiger partial charge < -0.3 is 5.32 Å². The molecule has 0 fully saturated rings. The molecule has 0 aliphatic carbocycles. The lowest BCUT2D eigenvalue weighted by molar-refractivity contribution is 0.543. The topological polar surface area (TPSA) is 24.9 Å². The smallest absolute Gasteiger partial charge is 0.0900 e. The third kappa shape index (κ3) is 4.13. The van der Waals surface area contributed by atoms with Crippen molar-refractivity contribution in [2.24, 2.45) is 0 Å². The van der Waals surface area contributed by atoms with E-state index in [-0.39, 0.29) is 0 Å². The Morgan fingerprint density at radius 3 is 2.67 bits per heavy atom. The molecule has 0 aliphatic heterocycles. The minimum atomic E-state index is 0.627. The largest absolute Gasteiger partial charge is 0.308 e. The van der Waals surface area contributed by atoms with Crippen LogP contribution in [0.15, 0.2) is 0 Å². The Morgan fingerprint density at radius 2 is 2.20 bits per heavy atom. The molecule has 86 valence electrons. The molecule has 1 unspecified atom stereocenters. The second kappa shape index (κ2) is 6.51. The van der Waals surface area contributed by atoms with Gasteiger partial charge in [0.1, 0.15) is 0 Å². The molecule has 0 aromatic carbocycles. The van der Waals surface area contributed by atoms with Crippen LogP contribution in [0.25, 0.3) is 0 Å². The fraction of sp³-hybridized carbons (Fsp3) is 0.727. The molecule has 4 heteroatoms. The Balaban J connectivity index is 2.44. The van der Waals surface area contributed by atoms with Crippen molar-refractivity contribution in [2.75, 3.05) is 12.0 Å². The number of thiazole rings is 1. The van der Waals surface area contributed by atoms with Crippen LogP contribution in [-0.4, -0.2) is 23.0 Å². The number of rotatable bonds is 6. The van der Waals surface area contributed by atoms with E-state index >= 15 is 0 Å². The number of thioether (sulfide) groups is 1. The van der Waals surface area contributed by atoms with Gasteiger partial charge in [0.15, 0.2) is 0 Å². The van der Waals surface area contributed by atoms with Crippen LogP contribution in [-0.2, 0) is 6.54 Å². The van der Waals surface area contributed by atoms with Gasteiger partial charge in [0.05, 0.1) is 10.7 Å². The summed E-state index contributed by atoms with van der Waals surface area (Å²) < 4.78 is 0. The quantitative estimate of drug-likeness (QED) is 0.833. The maximum atomic E-state index is 4.43. The van der Waals surface area contributed by atoms with E-state index in [1.54, 1.807) is 11.3 Å². The predicted molar refractivity (Wildman–Crippen MR) is 70.9 cm³/mol. The minimum Gasteiger partial charge on any atom is -0.308 e. The fourth-order valence-electron chi connectivity index (χ4n) is 1.50. The highest BCUT2D eigenvalue weighted by Gasteiger charge is 2.08. The van der Waals surface area contributed by atoms with Crippen LogP contribution < -0.4 is 5.32 Å². The average Bonchev–Trinajstić information content (AvgIpc) is 2.52. The lowest BCUT2D eigenvalue weighted by Crippen LogP contribution is -2.29. The molecule has 1 rings (SSSR count). The van der Waals surface area contributed by atoms with Gasteiger partial charge >= 0.3 is 0 Å². The van der Waals surface area contributed by atoms with E-state index in [2.05, 4.69) is 37.3 Å². The highest BCUT2D eigenvalue weighted by molar-refractivity contribution is 7.98. The predicted octanol–water partition coefficient (Wildman–Crippen LogP) is 2.99. The summed E-state index contributed by atoms with van der Waals surface area (Å²) in [6.07, 6.45) is 3.35. The first-order valence-corrected chi connectivity index (χ1v) is 7.53. The van der Waals surface area contributed by atoms with E-state index in [0.717, 1.165) is 6.54 Å². The van der Waals surface area contributed by atoms with Crippen molar-refractivity contribution >= 4 is 23.1 Å². The van der Waals surface area contributed by atoms with Gasteiger partial charge in [-0.05, 0) is 26.5 Å². The molecular weight excluding hydrogens is 224 g/mol. The Morgan fingerprint density at radius 1 is 1.47 bits per heavy atom. The number of aryl methyl sites for hydroxylation is 2. The molecule has 0 amide bonds. The van der Waals surface area contributed by atoms with Crippen LogP contribution >= 0.6 is 23.1 Å². The first kappa shape index (κ1) is 13.0. The number of hydrogen-bond donors (Lipinski definition) is 1. The van der Waals surface area contributed by atoms with Gasteiger partial charge in [0.25, 0.3) is 0 Å². The van der Waals surface area contributed by atoms with E-state index in [9.17, 15) is 0 Å². The molecule has 2 nitrogen and oxygen atoms in total. The first-order valence-electron chi connectivity index (χ1n) is 5.32. The molecule has 1 aromatic rings. The SMILES string of the molecule is CCC(CSC)NCc1sc(C)nc1C. The lowest BCUT2D eigenvalue weighted by atomic mass is 10.2. The van der Waals surface area contributed by atoms with Crippen molar-refractivity contribution < 1.29 is 0 Å². The zero-order valence-corrected chi connectivity index (χ0v) is 11.6. The second-order valence-electron chi connectivity index (χ2n) is 3.68. The molecule has 0 spiro atoms. The molecule has 1 atom stereocenters. The summed E-state index contributed by atoms with van der Waals surface area (Å²) in [6, 6.07) is 0.627. The van der Waals surface area contributed by atoms with Gasteiger partial charge in [0.2, 0.25) is 0 Å². The van der Waals surface area contributed by atoms with Crippen molar-refractivity contribution in [3.05, 3.63) is 15.6 Å². The summed E-state index contributed by atoms with van der Waals surface area (Å²) in [6.45, 7) is 7.37. The third-order valence-electron chi connectivity index (χ3n) is 2.41. The number of nitrogens with zero attached hydrogens (tertiary/aromatic N) is 1. The summed E-state index contributed by atoms with van der Waals surface area (Å²) in [5, 5.41) is 4.76. The molecule has 1 heterocycles. The van der Waals surface area contributed by atoms with Crippen LogP contribution in [0.3, 0.4) is 0 Å². The number of aromatic nitrogens is 1. The highest BCUT2D eigenvalue weighted by atomic mass is 32.2. The minimum absolute atomic E-state index is 0.627. The van der Waals surface area contributed by atoms with Crippen molar-refractivity contribution in [1.29, 1.82) is 0 Å². The van der Waals surface area contributed by atoms with E-state index in [4.69, 9.17) is 0 Å². The zero-order chi connectivity index (χ0) is 11.3. The molecular formula is C11H20N2S2. The molecule has 1 aromatic heterocycles. The molecule has 1 N–H and O–H groups in total. The van der Waals surface area contributed by atoms with Gasteiger partial charge in [0, 0.05) is 23.2 Å². The number of nitrogens with one attached hydrogen (secondary N) is 1. The Bertz CT molecular complexity index is 297. The monoisotopic (exact) mass is 244 g/mol. The Kier molecular flexibility index (Phi) is 5.64. The summed E-state index contributed by atoms with van der Waals surface area (Å²) in [5.74, 6) is 1.19. The first-order chi connectivity index (χ1) is 7.17. The maximum absolute atomic E-state index is 4.43. The molecule has 0 saturated heterocycles. The summed E-state index contributed by atoms with van der Waals surface area (Å²) >= 11 is 3.71. The average molecular weight is 244 g/mol. The lowest BCUT2D eigenvalue weighted by Gasteiger charge is -2.14. The van der Waals surface area contributed by atoms with Gasteiger partial charge in [-0.1, -0.05) is 6.92 Å². The normalized spacial score (nSPS) is 13.1. The summed E-state index contributed by atoms with van der Waals surface area (Å²) in [4.78, 5) is 5.82. The van der Waals surface area contributed by atoms with Crippen LogP contribution in [0, 0.1) is 13.8 Å². The van der Waals surface area contributed by atoms with Gasteiger partial charge in [-0.3, -0.25) is 0 Å². The maximum Gasteiger partial charge on any atom is 0.0900 e. The summed E-state index contributed by atoms with van der Waals surface area (Å²) in [7, 11) is 0. The molecule has 15 heavy (non-hydrogen) atoms. The number of hydrogen-bond acceptors (Lipinski definition) is 4. The van der Waals surface area contributed by atoms with Crippen molar-refractivity contribution in [2.45, 2.75) is 39.8 Å².